The Labute approximate surface area is 147 Å². The van der Waals surface area contributed by atoms with E-state index in [1.807, 2.05) is 0 Å². The molecule has 1 heterocycles. The predicted octanol–water partition coefficient (Wildman–Crippen LogP) is 3.25. The Balaban J connectivity index is 3.35. The summed E-state index contributed by atoms with van der Waals surface area (Å²) in [6.07, 6.45) is 0. The number of nitrogens with one attached hydrogen (secondary N) is 1. The Morgan fingerprint density at radius 1 is 1.04 bits per heavy atom. The molecule has 0 spiro atoms. The molecule has 0 aliphatic rings. The van der Waals surface area contributed by atoms with E-state index in [0.29, 0.717) is 0 Å². The van der Waals surface area contributed by atoms with Gasteiger partial charge in [0.25, 0.3) is 9.70 Å². The molecule has 1 amide bonds. The van der Waals surface area contributed by atoms with Crippen LogP contribution in [0.25, 0.3) is 0 Å². The highest BCUT2D eigenvalue weighted by Gasteiger charge is 2.36. The van der Waals surface area contributed by atoms with Crippen molar-refractivity contribution in [1.82, 2.24) is 0 Å². The van der Waals surface area contributed by atoms with Crippen LogP contribution < -0.4 is 5.32 Å². The number of amides is 1. The Morgan fingerprint density at radius 3 is 1.96 bits per heavy atom. The van der Waals surface area contributed by atoms with Crippen molar-refractivity contribution in [2.75, 3.05) is 18.5 Å². The van der Waals surface area contributed by atoms with Crippen LogP contribution >= 0.6 is 34.8 Å². The molecule has 0 bridgehead atoms. The molecule has 23 heavy (non-hydrogen) atoms. The number of furan rings is 1. The summed E-state index contributed by atoms with van der Waals surface area (Å²) in [4.78, 5) is 35.9. The molecule has 0 saturated carbocycles. The minimum Gasteiger partial charge on any atom is -0.462 e. The van der Waals surface area contributed by atoms with Gasteiger partial charge in [0.05, 0.1) is 13.2 Å². The molecule has 0 unspecified atom stereocenters. The number of aryl methyl sites for hydroxylation is 1. The number of hydrogen-bond donors (Lipinski definition) is 1. The summed E-state index contributed by atoms with van der Waals surface area (Å²) in [6.45, 7) is 4.72. The second kappa shape index (κ2) is 7.90. The first kappa shape index (κ1) is 19.6. The number of ether oxygens (including phenoxy) is 2. The fraction of sp³-hybridized carbons (Fsp3) is 0.462. The van der Waals surface area contributed by atoms with Crippen molar-refractivity contribution in [2.45, 2.75) is 24.6 Å². The lowest BCUT2D eigenvalue weighted by Crippen LogP contribution is -2.27. The standard InChI is InChI=1S/C13H14Cl3NO6/c1-4-21-10(18)7-6(3)23-9(8(7)11(19)22-5-2)17-12(20)13(14,15)16/h4-5H2,1-3H3,(H,17,20). The first-order valence-corrected chi connectivity index (χ1v) is 7.62. The number of esters is 2. The summed E-state index contributed by atoms with van der Waals surface area (Å²) in [5.41, 5.74) is -0.463. The second-order valence-corrected chi connectivity index (χ2v) is 6.41. The number of alkyl halides is 3. The Morgan fingerprint density at radius 2 is 1.52 bits per heavy atom. The van der Waals surface area contributed by atoms with Gasteiger partial charge >= 0.3 is 11.9 Å². The van der Waals surface area contributed by atoms with E-state index in [1.54, 1.807) is 13.8 Å². The van der Waals surface area contributed by atoms with Crippen LogP contribution in [0.1, 0.15) is 40.3 Å². The van der Waals surface area contributed by atoms with Crippen molar-refractivity contribution in [3.05, 3.63) is 16.9 Å². The minimum absolute atomic E-state index is 0.0448. The third kappa shape index (κ3) is 4.76. The number of carbonyl (C=O) groups is 3. The number of hydrogen-bond acceptors (Lipinski definition) is 6. The van der Waals surface area contributed by atoms with Gasteiger partial charge in [-0.05, 0) is 20.8 Å². The van der Waals surface area contributed by atoms with Gasteiger partial charge in [-0.25, -0.2) is 9.59 Å². The monoisotopic (exact) mass is 385 g/mol. The average molecular weight is 387 g/mol. The average Bonchev–Trinajstić information content (AvgIpc) is 2.74. The van der Waals surface area contributed by atoms with E-state index in [4.69, 9.17) is 48.7 Å². The van der Waals surface area contributed by atoms with Gasteiger partial charge in [0, 0.05) is 0 Å². The van der Waals surface area contributed by atoms with Gasteiger partial charge in [-0.1, -0.05) is 34.8 Å². The van der Waals surface area contributed by atoms with Gasteiger partial charge in [0.15, 0.2) is 0 Å². The highest BCUT2D eigenvalue weighted by atomic mass is 35.6. The fourth-order valence-electron chi connectivity index (χ4n) is 1.65. The molecule has 1 aromatic rings. The zero-order valence-electron chi connectivity index (χ0n) is 12.5. The van der Waals surface area contributed by atoms with Crippen LogP contribution in [0.4, 0.5) is 5.88 Å². The summed E-state index contributed by atoms with van der Waals surface area (Å²) in [7, 11) is 0. The van der Waals surface area contributed by atoms with E-state index in [-0.39, 0.29) is 36.0 Å². The Hall–Kier alpha value is -1.44. The molecule has 0 fully saturated rings. The molecule has 10 heteroatoms. The molecule has 0 radical (unpaired) electrons. The highest BCUT2D eigenvalue weighted by molar-refractivity contribution is 6.76. The lowest BCUT2D eigenvalue weighted by atomic mass is 10.1. The number of carbonyl (C=O) groups excluding carboxylic acids is 3. The lowest BCUT2D eigenvalue weighted by molar-refractivity contribution is -0.115. The zero-order chi connectivity index (χ0) is 17.8. The summed E-state index contributed by atoms with van der Waals surface area (Å²) >= 11 is 16.4. The molecule has 0 aromatic carbocycles. The molecule has 0 atom stereocenters. The normalized spacial score (nSPS) is 11.0. The maximum atomic E-state index is 12.1. The first-order chi connectivity index (χ1) is 10.6. The maximum absolute atomic E-state index is 12.1. The van der Waals surface area contributed by atoms with Gasteiger partial charge < -0.3 is 13.9 Å². The fourth-order valence-corrected chi connectivity index (χ4v) is 1.80. The van der Waals surface area contributed by atoms with Crippen molar-refractivity contribution in [1.29, 1.82) is 0 Å². The SMILES string of the molecule is CCOC(=O)c1c(C)oc(NC(=O)C(Cl)(Cl)Cl)c1C(=O)OCC. The third-order valence-corrected chi connectivity index (χ3v) is 3.04. The topological polar surface area (TPSA) is 94.8 Å². The minimum atomic E-state index is -2.28. The molecular weight excluding hydrogens is 373 g/mol. The van der Waals surface area contributed by atoms with Crippen LogP contribution in [0.3, 0.4) is 0 Å². The molecule has 0 aliphatic heterocycles. The molecule has 128 valence electrons. The zero-order valence-corrected chi connectivity index (χ0v) is 14.8. The van der Waals surface area contributed by atoms with Gasteiger partial charge in [-0.2, -0.15) is 0 Å². The second-order valence-electron chi connectivity index (χ2n) is 4.13. The van der Waals surface area contributed by atoms with Crippen molar-refractivity contribution in [3.8, 4) is 0 Å². The van der Waals surface area contributed by atoms with E-state index < -0.39 is 21.6 Å². The van der Waals surface area contributed by atoms with Crippen LogP contribution in [-0.4, -0.2) is 34.9 Å². The molecule has 0 aliphatic carbocycles. The van der Waals surface area contributed by atoms with Gasteiger partial charge in [0.1, 0.15) is 16.9 Å². The summed E-state index contributed by atoms with van der Waals surface area (Å²) in [5.74, 6) is -3.05. The highest BCUT2D eigenvalue weighted by Crippen LogP contribution is 2.32. The number of halogens is 3. The quantitative estimate of drug-likeness (QED) is 0.616. The van der Waals surface area contributed by atoms with Crippen molar-refractivity contribution < 1.29 is 28.3 Å². The van der Waals surface area contributed by atoms with E-state index in [2.05, 4.69) is 5.32 Å². The van der Waals surface area contributed by atoms with Crippen LogP contribution in [0.5, 0.6) is 0 Å². The molecular formula is C13H14Cl3NO6. The molecule has 0 saturated heterocycles. The maximum Gasteiger partial charge on any atom is 0.344 e. The van der Waals surface area contributed by atoms with Crippen LogP contribution in [-0.2, 0) is 14.3 Å². The van der Waals surface area contributed by atoms with Gasteiger partial charge in [-0.3, -0.25) is 10.1 Å². The summed E-state index contributed by atoms with van der Waals surface area (Å²) in [6, 6.07) is 0. The van der Waals surface area contributed by atoms with Crippen LogP contribution in [0, 0.1) is 6.92 Å². The number of rotatable bonds is 5. The molecule has 1 rings (SSSR count). The van der Waals surface area contributed by atoms with Crippen molar-refractivity contribution in [2.24, 2.45) is 0 Å². The predicted molar refractivity (Wildman–Crippen MR) is 84.3 cm³/mol. The van der Waals surface area contributed by atoms with Crippen LogP contribution in [0.2, 0.25) is 0 Å². The van der Waals surface area contributed by atoms with Crippen LogP contribution in [0.15, 0.2) is 4.42 Å². The summed E-state index contributed by atoms with van der Waals surface area (Å²) < 4.78 is 12.7. The molecule has 7 nitrogen and oxygen atoms in total. The van der Waals surface area contributed by atoms with E-state index >= 15 is 0 Å². The van der Waals surface area contributed by atoms with Crippen molar-refractivity contribution in [3.63, 3.8) is 0 Å². The lowest BCUT2D eigenvalue weighted by Gasteiger charge is -2.10. The first-order valence-electron chi connectivity index (χ1n) is 6.49. The Bertz CT molecular complexity index is 620. The smallest absolute Gasteiger partial charge is 0.344 e. The third-order valence-electron chi connectivity index (χ3n) is 2.53. The van der Waals surface area contributed by atoms with E-state index in [1.165, 1.54) is 6.92 Å². The van der Waals surface area contributed by atoms with E-state index in [0.717, 1.165) is 0 Å². The van der Waals surface area contributed by atoms with Gasteiger partial charge in [0.2, 0.25) is 5.88 Å². The molecule has 1 aromatic heterocycles. The summed E-state index contributed by atoms with van der Waals surface area (Å²) in [5, 5.41) is 2.14. The molecule has 1 N–H and O–H groups in total. The van der Waals surface area contributed by atoms with Crippen molar-refractivity contribution >= 4 is 58.5 Å². The Kier molecular flexibility index (Phi) is 6.73. The van der Waals surface area contributed by atoms with Gasteiger partial charge in [-0.15, -0.1) is 0 Å². The van der Waals surface area contributed by atoms with E-state index in [9.17, 15) is 14.4 Å². The largest absolute Gasteiger partial charge is 0.462 e. The number of anilines is 1.